The fraction of sp³-hybridized carbons (Fsp3) is 0.250. The summed E-state index contributed by atoms with van der Waals surface area (Å²) >= 11 is 0. The highest BCUT2D eigenvalue weighted by atomic mass is 16.5. The highest BCUT2D eigenvalue weighted by Gasteiger charge is 2.24. The Bertz CT molecular complexity index is 524. The van der Waals surface area contributed by atoms with Crippen LogP contribution in [0.1, 0.15) is 32.2 Å². The van der Waals surface area contributed by atoms with E-state index in [1.54, 1.807) is 0 Å². The summed E-state index contributed by atoms with van der Waals surface area (Å²) in [5, 5.41) is 9.09. The second-order valence-electron chi connectivity index (χ2n) is 3.30. The molecule has 102 valence electrons. The van der Waals surface area contributed by atoms with E-state index in [0.29, 0.717) is 6.29 Å². The van der Waals surface area contributed by atoms with Gasteiger partial charge in [-0.1, -0.05) is 0 Å². The van der Waals surface area contributed by atoms with Crippen LogP contribution in [-0.2, 0) is 20.9 Å². The Balaban J connectivity index is 3.30. The largest absolute Gasteiger partial charge is 0.466 e. The molecule has 0 aliphatic rings. The molecule has 0 fully saturated rings. The van der Waals surface area contributed by atoms with Crippen LogP contribution in [0, 0.1) is 0 Å². The van der Waals surface area contributed by atoms with Gasteiger partial charge >= 0.3 is 11.9 Å². The molecule has 0 aliphatic carbocycles. The second-order valence-corrected chi connectivity index (χ2v) is 3.30. The molecule has 0 aromatic carbocycles. The van der Waals surface area contributed by atoms with Crippen molar-refractivity contribution in [2.24, 2.45) is 0 Å². The summed E-state index contributed by atoms with van der Waals surface area (Å²) in [7, 11) is 2.32. The molecule has 0 radical (unpaired) electrons. The summed E-state index contributed by atoms with van der Waals surface area (Å²) in [5.41, 5.74) is -0.263. The van der Waals surface area contributed by atoms with E-state index >= 15 is 0 Å². The number of hydrogen-bond acceptors (Lipinski definition) is 7. The molecule has 19 heavy (non-hydrogen) atoms. The molecule has 0 spiro atoms. The molecule has 0 atom stereocenters. The maximum absolute atomic E-state index is 11.5. The molecule has 0 amide bonds. The zero-order valence-corrected chi connectivity index (χ0v) is 10.3. The van der Waals surface area contributed by atoms with Crippen molar-refractivity contribution < 1.29 is 33.4 Å². The van der Waals surface area contributed by atoms with Crippen molar-refractivity contribution in [3.63, 3.8) is 0 Å². The third kappa shape index (κ3) is 3.08. The fourth-order valence-corrected chi connectivity index (χ4v) is 1.40. The number of aliphatic hydroxyl groups is 1. The quantitative estimate of drug-likeness (QED) is 0.472. The molecular weight excluding hydrogens is 256 g/mol. The van der Waals surface area contributed by atoms with Crippen molar-refractivity contribution in [1.29, 1.82) is 0 Å². The molecule has 0 bridgehead atoms. The van der Waals surface area contributed by atoms with E-state index in [4.69, 9.17) is 9.52 Å². The van der Waals surface area contributed by atoms with Crippen molar-refractivity contribution in [1.82, 2.24) is 0 Å². The van der Waals surface area contributed by atoms with Gasteiger partial charge in [0, 0.05) is 6.08 Å². The minimum absolute atomic E-state index is 0.0372. The molecule has 1 aromatic heterocycles. The van der Waals surface area contributed by atoms with Crippen molar-refractivity contribution in [2.75, 3.05) is 14.2 Å². The zero-order chi connectivity index (χ0) is 14.4. The van der Waals surface area contributed by atoms with Crippen LogP contribution >= 0.6 is 0 Å². The molecule has 1 N–H and O–H groups in total. The van der Waals surface area contributed by atoms with Crippen LogP contribution in [0.3, 0.4) is 0 Å². The summed E-state index contributed by atoms with van der Waals surface area (Å²) in [6.07, 6.45) is 2.57. The first-order valence-corrected chi connectivity index (χ1v) is 5.15. The molecule has 1 rings (SSSR count). The number of esters is 2. The predicted molar refractivity (Wildman–Crippen MR) is 62.4 cm³/mol. The Kier molecular flexibility index (Phi) is 5.01. The van der Waals surface area contributed by atoms with Crippen LogP contribution in [0.25, 0.3) is 6.08 Å². The summed E-state index contributed by atoms with van der Waals surface area (Å²) in [6, 6.07) is 0. The molecule has 0 saturated carbocycles. The van der Waals surface area contributed by atoms with Crippen LogP contribution in [0.2, 0.25) is 0 Å². The predicted octanol–water partition coefficient (Wildman–Crippen LogP) is 0.557. The van der Waals surface area contributed by atoms with E-state index < -0.39 is 18.5 Å². The Hall–Kier alpha value is -2.41. The van der Waals surface area contributed by atoms with Crippen LogP contribution < -0.4 is 0 Å². The van der Waals surface area contributed by atoms with E-state index in [1.807, 2.05) is 0 Å². The van der Waals surface area contributed by atoms with Crippen LogP contribution in [0.5, 0.6) is 0 Å². The van der Waals surface area contributed by atoms with Crippen LogP contribution in [0.4, 0.5) is 0 Å². The number of rotatable bonds is 5. The number of carbonyl (C=O) groups excluding carboxylic acids is 3. The average molecular weight is 268 g/mol. The number of aliphatic hydroxyl groups excluding tert-OH is 1. The van der Waals surface area contributed by atoms with Crippen molar-refractivity contribution in [3.8, 4) is 0 Å². The van der Waals surface area contributed by atoms with E-state index in [0.717, 1.165) is 13.2 Å². The van der Waals surface area contributed by atoms with Gasteiger partial charge in [0.1, 0.15) is 23.7 Å². The van der Waals surface area contributed by atoms with Crippen LogP contribution in [-0.4, -0.2) is 37.6 Å². The van der Waals surface area contributed by atoms with Gasteiger partial charge in [-0.2, -0.15) is 0 Å². The topological polar surface area (TPSA) is 103 Å². The van der Waals surface area contributed by atoms with Gasteiger partial charge in [-0.3, -0.25) is 4.79 Å². The number of carbonyl (C=O) groups is 3. The first kappa shape index (κ1) is 14.7. The van der Waals surface area contributed by atoms with Crippen molar-refractivity contribution >= 4 is 24.3 Å². The lowest BCUT2D eigenvalue weighted by atomic mass is 10.1. The highest BCUT2D eigenvalue weighted by molar-refractivity contribution is 6.01. The highest BCUT2D eigenvalue weighted by Crippen LogP contribution is 2.23. The maximum atomic E-state index is 11.5. The van der Waals surface area contributed by atoms with Gasteiger partial charge in [0.05, 0.1) is 19.8 Å². The summed E-state index contributed by atoms with van der Waals surface area (Å²) < 4.78 is 14.0. The number of hydrogen-bond donors (Lipinski definition) is 1. The van der Waals surface area contributed by atoms with Gasteiger partial charge in [0.25, 0.3) is 0 Å². The average Bonchev–Trinajstić information content (AvgIpc) is 2.81. The number of methoxy groups -OCH3 is 2. The fourth-order valence-electron chi connectivity index (χ4n) is 1.40. The number of ether oxygens (including phenoxy) is 2. The number of furan rings is 1. The Morgan fingerprint density at radius 1 is 1.32 bits per heavy atom. The third-order valence-corrected chi connectivity index (χ3v) is 2.27. The van der Waals surface area contributed by atoms with Gasteiger partial charge in [-0.25, -0.2) is 9.59 Å². The van der Waals surface area contributed by atoms with E-state index in [1.165, 1.54) is 13.2 Å². The third-order valence-electron chi connectivity index (χ3n) is 2.27. The molecule has 1 aromatic rings. The van der Waals surface area contributed by atoms with Gasteiger partial charge < -0.3 is 19.0 Å². The lowest BCUT2D eigenvalue weighted by molar-refractivity contribution is -0.134. The van der Waals surface area contributed by atoms with Gasteiger partial charge in [0.15, 0.2) is 6.29 Å². The van der Waals surface area contributed by atoms with Crippen LogP contribution in [0.15, 0.2) is 10.5 Å². The molecular formula is C12H12O7. The molecule has 7 nitrogen and oxygen atoms in total. The van der Waals surface area contributed by atoms with E-state index in [2.05, 4.69) is 9.47 Å². The van der Waals surface area contributed by atoms with Crippen molar-refractivity contribution in [3.05, 3.63) is 28.7 Å². The normalized spacial score (nSPS) is 10.5. The monoisotopic (exact) mass is 268 g/mol. The molecule has 7 heteroatoms. The molecule has 0 unspecified atom stereocenters. The van der Waals surface area contributed by atoms with Crippen molar-refractivity contribution in [2.45, 2.75) is 6.61 Å². The first-order valence-electron chi connectivity index (χ1n) is 5.15. The Morgan fingerprint density at radius 2 is 2.00 bits per heavy atom. The SMILES string of the molecule is COC(=O)C=Cc1oc(CO)c(C(=O)OC)c1C=O. The van der Waals surface area contributed by atoms with E-state index in [9.17, 15) is 14.4 Å². The van der Waals surface area contributed by atoms with Gasteiger partial charge in [0.2, 0.25) is 0 Å². The summed E-state index contributed by atoms with van der Waals surface area (Å²) in [4.78, 5) is 33.5. The van der Waals surface area contributed by atoms with Gasteiger partial charge in [-0.15, -0.1) is 0 Å². The Labute approximate surface area is 108 Å². The molecule has 0 saturated heterocycles. The summed E-state index contributed by atoms with van der Waals surface area (Å²) in [6.45, 7) is -0.586. The standard InChI is InChI=1S/C12H12O7/c1-17-10(15)4-3-8-7(5-13)11(12(16)18-2)9(6-14)19-8/h3-5,14H,6H2,1-2H3. The lowest BCUT2D eigenvalue weighted by Gasteiger charge is -1.97. The smallest absolute Gasteiger partial charge is 0.342 e. The zero-order valence-electron chi connectivity index (χ0n) is 10.3. The first-order chi connectivity index (χ1) is 9.08. The van der Waals surface area contributed by atoms with Gasteiger partial charge in [-0.05, 0) is 6.08 Å². The summed E-state index contributed by atoms with van der Waals surface area (Å²) in [5.74, 6) is -1.62. The van der Waals surface area contributed by atoms with E-state index in [-0.39, 0.29) is 22.6 Å². The maximum Gasteiger partial charge on any atom is 0.342 e. The Morgan fingerprint density at radius 3 is 2.47 bits per heavy atom. The minimum Gasteiger partial charge on any atom is -0.466 e. The molecule has 0 aliphatic heterocycles. The number of aldehydes is 1. The second kappa shape index (κ2) is 6.50. The minimum atomic E-state index is -0.812. The molecule has 1 heterocycles. The lowest BCUT2D eigenvalue weighted by Crippen LogP contribution is -2.06.